The SMILES string of the molecule is Cc1cccc(NS(=O)(=O)c2ccc(F)cc2F)c1O. The van der Waals surface area contributed by atoms with Crippen molar-refractivity contribution in [1.29, 1.82) is 0 Å². The van der Waals surface area contributed by atoms with Crippen molar-refractivity contribution in [2.24, 2.45) is 0 Å². The van der Waals surface area contributed by atoms with E-state index in [1.165, 1.54) is 12.1 Å². The van der Waals surface area contributed by atoms with Gasteiger partial charge >= 0.3 is 0 Å². The first kappa shape index (κ1) is 14.3. The van der Waals surface area contributed by atoms with Crippen LogP contribution >= 0.6 is 0 Å². The zero-order valence-electron chi connectivity index (χ0n) is 10.4. The molecule has 0 amide bonds. The number of halogens is 2. The Morgan fingerprint density at radius 1 is 1.15 bits per heavy atom. The van der Waals surface area contributed by atoms with Gasteiger partial charge in [-0.3, -0.25) is 4.72 Å². The molecule has 2 rings (SSSR count). The largest absolute Gasteiger partial charge is 0.505 e. The quantitative estimate of drug-likeness (QED) is 0.856. The van der Waals surface area contributed by atoms with Gasteiger partial charge in [-0.15, -0.1) is 0 Å². The van der Waals surface area contributed by atoms with Crippen LogP contribution in [0, 0.1) is 18.6 Å². The van der Waals surface area contributed by atoms with E-state index in [1.54, 1.807) is 13.0 Å². The van der Waals surface area contributed by atoms with E-state index in [0.29, 0.717) is 11.6 Å². The van der Waals surface area contributed by atoms with Crippen LogP contribution in [0.2, 0.25) is 0 Å². The standard InChI is InChI=1S/C13H11F2NO3S/c1-8-3-2-4-11(13(8)17)16-20(18,19)12-6-5-9(14)7-10(12)15/h2-7,16-17H,1H3. The molecule has 0 saturated carbocycles. The molecule has 2 aromatic carbocycles. The highest BCUT2D eigenvalue weighted by molar-refractivity contribution is 7.92. The third kappa shape index (κ3) is 2.72. The molecule has 0 aliphatic heterocycles. The number of sulfonamides is 1. The van der Waals surface area contributed by atoms with Crippen molar-refractivity contribution < 1.29 is 22.3 Å². The van der Waals surface area contributed by atoms with Crippen molar-refractivity contribution in [1.82, 2.24) is 0 Å². The summed E-state index contributed by atoms with van der Waals surface area (Å²) < 4.78 is 52.4. The lowest BCUT2D eigenvalue weighted by molar-refractivity contribution is 0.473. The van der Waals surface area contributed by atoms with E-state index >= 15 is 0 Å². The Bertz CT molecular complexity index is 760. The molecule has 0 radical (unpaired) electrons. The maximum absolute atomic E-state index is 13.5. The van der Waals surface area contributed by atoms with Crippen LogP contribution in [0.5, 0.6) is 5.75 Å². The number of nitrogens with one attached hydrogen (secondary N) is 1. The number of hydrogen-bond acceptors (Lipinski definition) is 3. The summed E-state index contributed by atoms with van der Waals surface area (Å²) in [5, 5.41) is 9.74. The Morgan fingerprint density at radius 2 is 1.85 bits per heavy atom. The Labute approximate surface area is 114 Å². The van der Waals surface area contributed by atoms with Gasteiger partial charge in [0.05, 0.1) is 5.69 Å². The molecule has 4 nitrogen and oxygen atoms in total. The Hall–Kier alpha value is -2.15. The summed E-state index contributed by atoms with van der Waals surface area (Å²) in [6.07, 6.45) is 0. The Morgan fingerprint density at radius 3 is 2.50 bits per heavy atom. The second-order valence-electron chi connectivity index (χ2n) is 4.15. The number of phenolic OH excluding ortho intramolecular Hbond substituents is 1. The van der Waals surface area contributed by atoms with Gasteiger partial charge in [-0.25, -0.2) is 17.2 Å². The minimum absolute atomic E-state index is 0.0753. The van der Waals surface area contributed by atoms with E-state index < -0.39 is 26.6 Å². The summed E-state index contributed by atoms with van der Waals surface area (Å²) in [6, 6.07) is 6.60. The molecule has 0 aromatic heterocycles. The van der Waals surface area contributed by atoms with Gasteiger partial charge in [-0.1, -0.05) is 12.1 Å². The summed E-state index contributed by atoms with van der Waals surface area (Å²) in [7, 11) is -4.25. The van der Waals surface area contributed by atoms with Gasteiger partial charge < -0.3 is 5.11 Å². The highest BCUT2D eigenvalue weighted by Crippen LogP contribution is 2.29. The number of rotatable bonds is 3. The van der Waals surface area contributed by atoms with Crippen LogP contribution in [0.15, 0.2) is 41.3 Å². The summed E-state index contributed by atoms with van der Waals surface area (Å²) in [5.41, 5.74) is 0.388. The summed E-state index contributed by atoms with van der Waals surface area (Å²) in [4.78, 5) is -0.695. The zero-order valence-corrected chi connectivity index (χ0v) is 11.2. The number of phenols is 1. The van der Waals surface area contributed by atoms with E-state index in [1.807, 2.05) is 0 Å². The fraction of sp³-hybridized carbons (Fsp3) is 0.0769. The van der Waals surface area contributed by atoms with Crippen LogP contribution in [-0.4, -0.2) is 13.5 Å². The molecule has 2 N–H and O–H groups in total. The molecule has 7 heteroatoms. The van der Waals surface area contributed by atoms with E-state index in [2.05, 4.69) is 4.72 Å². The maximum atomic E-state index is 13.5. The van der Waals surface area contributed by atoms with E-state index in [9.17, 15) is 22.3 Å². The monoisotopic (exact) mass is 299 g/mol. The molecule has 0 unspecified atom stereocenters. The van der Waals surface area contributed by atoms with Crippen LogP contribution in [0.25, 0.3) is 0 Å². The lowest BCUT2D eigenvalue weighted by Gasteiger charge is -2.11. The molecule has 20 heavy (non-hydrogen) atoms. The number of aromatic hydroxyl groups is 1. The maximum Gasteiger partial charge on any atom is 0.264 e. The smallest absolute Gasteiger partial charge is 0.264 e. The Balaban J connectivity index is 2.44. The predicted molar refractivity (Wildman–Crippen MR) is 70.0 cm³/mol. The van der Waals surface area contributed by atoms with Gasteiger partial charge in [0.2, 0.25) is 0 Å². The fourth-order valence-electron chi connectivity index (χ4n) is 1.63. The summed E-state index contributed by atoms with van der Waals surface area (Å²) >= 11 is 0. The van der Waals surface area contributed by atoms with Crippen molar-refractivity contribution >= 4 is 15.7 Å². The molecule has 0 fully saturated rings. The van der Waals surface area contributed by atoms with Crippen LogP contribution in [-0.2, 0) is 10.0 Å². The van der Waals surface area contributed by atoms with Crippen LogP contribution < -0.4 is 4.72 Å². The van der Waals surface area contributed by atoms with Crippen molar-refractivity contribution in [3.63, 3.8) is 0 Å². The first-order valence-electron chi connectivity index (χ1n) is 5.58. The molecule has 0 saturated heterocycles. The molecule has 106 valence electrons. The third-order valence-corrected chi connectivity index (χ3v) is 4.06. The van der Waals surface area contributed by atoms with E-state index in [4.69, 9.17) is 0 Å². The second kappa shape index (κ2) is 5.09. The minimum atomic E-state index is -4.25. The number of aryl methyl sites for hydroxylation is 1. The Kier molecular flexibility index (Phi) is 3.63. The fourth-order valence-corrected chi connectivity index (χ4v) is 2.76. The van der Waals surface area contributed by atoms with Gasteiger partial charge in [0, 0.05) is 6.07 Å². The van der Waals surface area contributed by atoms with Gasteiger partial charge in [0.15, 0.2) is 0 Å². The molecule has 0 spiro atoms. The highest BCUT2D eigenvalue weighted by atomic mass is 32.2. The molecule has 0 heterocycles. The van der Waals surface area contributed by atoms with Gasteiger partial charge in [-0.2, -0.15) is 0 Å². The molecule has 0 aliphatic carbocycles. The topological polar surface area (TPSA) is 66.4 Å². The second-order valence-corrected chi connectivity index (χ2v) is 5.80. The zero-order chi connectivity index (χ0) is 14.9. The van der Waals surface area contributed by atoms with Gasteiger partial charge in [0.1, 0.15) is 22.3 Å². The number of benzene rings is 2. The van der Waals surface area contributed by atoms with Gasteiger partial charge in [0.25, 0.3) is 10.0 Å². The molecular weight excluding hydrogens is 288 g/mol. The highest BCUT2D eigenvalue weighted by Gasteiger charge is 2.21. The van der Waals surface area contributed by atoms with Crippen LogP contribution in [0.4, 0.5) is 14.5 Å². The van der Waals surface area contributed by atoms with Crippen molar-refractivity contribution in [3.05, 3.63) is 53.6 Å². The molecule has 0 aliphatic rings. The predicted octanol–water partition coefficient (Wildman–Crippen LogP) is 2.78. The van der Waals surface area contributed by atoms with E-state index in [-0.39, 0.29) is 11.4 Å². The molecule has 0 atom stereocenters. The average Bonchev–Trinajstić information content (AvgIpc) is 2.34. The molecular formula is C13H11F2NO3S. The normalized spacial score (nSPS) is 11.3. The number of hydrogen-bond donors (Lipinski definition) is 2. The molecule has 0 bridgehead atoms. The summed E-state index contributed by atoms with van der Waals surface area (Å²) in [5.74, 6) is -2.33. The first-order valence-corrected chi connectivity index (χ1v) is 7.06. The first-order chi connectivity index (χ1) is 9.31. The van der Waals surface area contributed by atoms with E-state index in [0.717, 1.165) is 12.1 Å². The van der Waals surface area contributed by atoms with Crippen molar-refractivity contribution in [2.45, 2.75) is 11.8 Å². The van der Waals surface area contributed by atoms with Crippen molar-refractivity contribution in [2.75, 3.05) is 4.72 Å². The van der Waals surface area contributed by atoms with Gasteiger partial charge in [-0.05, 0) is 30.7 Å². The number of anilines is 1. The number of para-hydroxylation sites is 1. The van der Waals surface area contributed by atoms with Crippen molar-refractivity contribution in [3.8, 4) is 5.75 Å². The molecule has 2 aromatic rings. The minimum Gasteiger partial charge on any atom is -0.505 e. The lowest BCUT2D eigenvalue weighted by Crippen LogP contribution is -2.15. The third-order valence-electron chi connectivity index (χ3n) is 2.67. The lowest BCUT2D eigenvalue weighted by atomic mass is 10.2. The summed E-state index contributed by atoms with van der Waals surface area (Å²) in [6.45, 7) is 1.59. The van der Waals surface area contributed by atoms with Crippen LogP contribution in [0.3, 0.4) is 0 Å². The average molecular weight is 299 g/mol. The van der Waals surface area contributed by atoms with Crippen LogP contribution in [0.1, 0.15) is 5.56 Å².